The van der Waals surface area contributed by atoms with Gasteiger partial charge in [0.15, 0.2) is 0 Å². The molecule has 0 bridgehead atoms. The van der Waals surface area contributed by atoms with Crippen LogP contribution in [0.3, 0.4) is 0 Å². The molecule has 0 aromatic heterocycles. The predicted octanol–water partition coefficient (Wildman–Crippen LogP) is 6.00. The Morgan fingerprint density at radius 2 is 1.71 bits per heavy atom. The number of ether oxygens (including phenoxy) is 3. The molecule has 3 aromatic carbocycles. The summed E-state index contributed by atoms with van der Waals surface area (Å²) in [5.41, 5.74) is 8.23. The van der Waals surface area contributed by atoms with Crippen molar-refractivity contribution in [2.75, 3.05) is 23.8 Å². The van der Waals surface area contributed by atoms with Crippen molar-refractivity contribution < 1.29 is 27.8 Å². The number of hydrogen-bond donors (Lipinski definition) is 2. The molecule has 9 heteroatoms. The van der Waals surface area contributed by atoms with Gasteiger partial charge in [0.05, 0.1) is 36.3 Å². The van der Waals surface area contributed by atoms with Gasteiger partial charge < -0.3 is 19.9 Å². The highest BCUT2D eigenvalue weighted by Gasteiger charge is 2.23. The van der Waals surface area contributed by atoms with Gasteiger partial charge in [0.1, 0.15) is 17.2 Å². The Kier molecular flexibility index (Phi) is 9.11. The molecule has 3 rings (SSSR count). The fourth-order valence-corrected chi connectivity index (χ4v) is 4.03. The molecule has 0 amide bonds. The molecule has 0 aliphatic heterocycles. The number of benzene rings is 3. The fourth-order valence-electron chi connectivity index (χ4n) is 3.40. The summed E-state index contributed by atoms with van der Waals surface area (Å²) in [7, 11) is 1.24. The SMILES string of the molecule is CCCCCOc1cc(Oc2ccc(N(c3ccc(C)cc3)S(=O)O)c(C(=O)OC)c2)ccc1N. The monoisotopic (exact) mass is 498 g/mol. The van der Waals surface area contributed by atoms with Crippen LogP contribution in [0.25, 0.3) is 0 Å². The third-order valence-corrected chi connectivity index (χ3v) is 5.96. The molecule has 0 aliphatic carbocycles. The molecule has 1 atom stereocenters. The number of rotatable bonds is 11. The van der Waals surface area contributed by atoms with Gasteiger partial charge in [0.2, 0.25) is 0 Å². The van der Waals surface area contributed by atoms with E-state index in [1.165, 1.54) is 19.2 Å². The molecule has 1 unspecified atom stereocenters. The first-order chi connectivity index (χ1) is 16.8. The third kappa shape index (κ3) is 6.74. The number of anilines is 3. The van der Waals surface area contributed by atoms with Gasteiger partial charge in [-0.25, -0.2) is 13.3 Å². The maximum absolute atomic E-state index is 12.6. The zero-order valence-electron chi connectivity index (χ0n) is 20.0. The van der Waals surface area contributed by atoms with Crippen LogP contribution in [0.15, 0.2) is 60.7 Å². The minimum Gasteiger partial charge on any atom is -0.491 e. The Bertz CT molecular complexity index is 1180. The third-order valence-electron chi connectivity index (χ3n) is 5.24. The molecule has 35 heavy (non-hydrogen) atoms. The predicted molar refractivity (Wildman–Crippen MR) is 138 cm³/mol. The van der Waals surface area contributed by atoms with E-state index in [4.69, 9.17) is 19.9 Å². The van der Waals surface area contributed by atoms with Crippen molar-refractivity contribution in [3.63, 3.8) is 0 Å². The Morgan fingerprint density at radius 1 is 1.03 bits per heavy atom. The summed E-state index contributed by atoms with van der Waals surface area (Å²) in [5.74, 6) is 0.646. The lowest BCUT2D eigenvalue weighted by atomic mass is 10.1. The number of nitrogens with zero attached hydrogens (tertiary/aromatic N) is 1. The van der Waals surface area contributed by atoms with Crippen molar-refractivity contribution in [2.24, 2.45) is 0 Å². The Morgan fingerprint density at radius 3 is 2.37 bits per heavy atom. The highest BCUT2D eigenvalue weighted by atomic mass is 32.2. The van der Waals surface area contributed by atoms with Gasteiger partial charge >= 0.3 is 5.97 Å². The average Bonchev–Trinajstić information content (AvgIpc) is 2.85. The van der Waals surface area contributed by atoms with Crippen LogP contribution < -0.4 is 19.5 Å². The van der Waals surface area contributed by atoms with E-state index in [0.717, 1.165) is 29.1 Å². The molecule has 0 saturated carbocycles. The molecule has 0 fully saturated rings. The van der Waals surface area contributed by atoms with Crippen LogP contribution in [-0.4, -0.2) is 28.4 Å². The van der Waals surface area contributed by atoms with E-state index in [9.17, 15) is 13.6 Å². The van der Waals surface area contributed by atoms with Gasteiger partial charge in [0.25, 0.3) is 11.3 Å². The van der Waals surface area contributed by atoms with E-state index >= 15 is 0 Å². The van der Waals surface area contributed by atoms with Crippen molar-refractivity contribution >= 4 is 34.3 Å². The second-order valence-corrected chi connectivity index (χ2v) is 8.72. The number of hydrogen-bond acceptors (Lipinski definition) is 6. The zero-order chi connectivity index (χ0) is 25.4. The Labute approximate surface area is 208 Å². The lowest BCUT2D eigenvalue weighted by molar-refractivity contribution is 0.0601. The number of methoxy groups -OCH3 is 1. The first-order valence-electron chi connectivity index (χ1n) is 11.2. The molecule has 0 aliphatic rings. The Hall–Kier alpha value is -3.56. The standard InChI is InChI=1S/C26H30N2O6S/c1-4-5-6-15-33-25-17-21(11-13-23(25)27)34-20-12-14-24(22(16-20)26(29)32-3)28(35(30)31)19-9-7-18(2)8-10-19/h7-14,16-17H,4-6,15,27H2,1-3H3,(H,30,31). The molecule has 0 saturated heterocycles. The molecular weight excluding hydrogens is 468 g/mol. The minimum absolute atomic E-state index is 0.0689. The number of aryl methyl sites for hydroxylation is 1. The van der Waals surface area contributed by atoms with Gasteiger partial charge in [-0.05, 0) is 55.8 Å². The van der Waals surface area contributed by atoms with Crippen LogP contribution in [0.4, 0.5) is 17.1 Å². The normalized spacial score (nSPS) is 11.5. The summed E-state index contributed by atoms with van der Waals surface area (Å²) < 4.78 is 40.1. The second kappa shape index (κ2) is 12.2. The number of nitrogen functional groups attached to an aromatic ring is 1. The van der Waals surface area contributed by atoms with Crippen molar-refractivity contribution in [3.8, 4) is 17.2 Å². The zero-order valence-corrected chi connectivity index (χ0v) is 20.8. The van der Waals surface area contributed by atoms with E-state index in [2.05, 4.69) is 6.92 Å². The van der Waals surface area contributed by atoms with Gasteiger partial charge in [-0.2, -0.15) is 0 Å². The van der Waals surface area contributed by atoms with E-state index in [0.29, 0.717) is 35.2 Å². The molecular formula is C26H30N2O6S. The first-order valence-corrected chi connectivity index (χ1v) is 12.3. The van der Waals surface area contributed by atoms with Gasteiger partial charge in [0, 0.05) is 6.07 Å². The molecule has 0 heterocycles. The number of esters is 1. The Balaban J connectivity index is 1.92. The molecule has 8 nitrogen and oxygen atoms in total. The summed E-state index contributed by atoms with van der Waals surface area (Å²) in [6, 6.07) is 16.7. The summed E-state index contributed by atoms with van der Waals surface area (Å²) in [6.45, 7) is 4.58. The van der Waals surface area contributed by atoms with Crippen LogP contribution in [0.1, 0.15) is 42.1 Å². The minimum atomic E-state index is -2.44. The first kappa shape index (κ1) is 26.1. The van der Waals surface area contributed by atoms with E-state index in [1.54, 1.807) is 36.4 Å². The summed E-state index contributed by atoms with van der Waals surface area (Å²) >= 11 is -2.44. The van der Waals surface area contributed by atoms with Crippen LogP contribution in [0, 0.1) is 6.92 Å². The van der Waals surface area contributed by atoms with E-state index < -0.39 is 17.2 Å². The summed E-state index contributed by atoms with van der Waals surface area (Å²) in [6.07, 6.45) is 3.08. The van der Waals surface area contributed by atoms with Crippen LogP contribution in [0.5, 0.6) is 17.2 Å². The smallest absolute Gasteiger partial charge is 0.340 e. The second-order valence-electron chi connectivity index (χ2n) is 7.89. The average molecular weight is 499 g/mol. The highest BCUT2D eigenvalue weighted by Crippen LogP contribution is 2.36. The molecule has 186 valence electrons. The molecule has 3 aromatic rings. The number of nitrogens with two attached hydrogens (primary N) is 1. The lowest BCUT2D eigenvalue weighted by Gasteiger charge is -2.23. The summed E-state index contributed by atoms with van der Waals surface area (Å²) in [4.78, 5) is 12.6. The van der Waals surface area contributed by atoms with E-state index in [-0.39, 0.29) is 11.3 Å². The van der Waals surface area contributed by atoms with Gasteiger partial charge in [-0.3, -0.25) is 4.55 Å². The molecule has 0 radical (unpaired) electrons. The lowest BCUT2D eigenvalue weighted by Crippen LogP contribution is -2.22. The molecule has 3 N–H and O–H groups in total. The summed E-state index contributed by atoms with van der Waals surface area (Å²) in [5, 5.41) is 0. The molecule has 0 spiro atoms. The van der Waals surface area contributed by atoms with E-state index in [1.807, 2.05) is 19.1 Å². The largest absolute Gasteiger partial charge is 0.491 e. The van der Waals surface area contributed by atoms with Crippen molar-refractivity contribution in [3.05, 3.63) is 71.8 Å². The van der Waals surface area contributed by atoms with Gasteiger partial charge in [-0.1, -0.05) is 37.5 Å². The quantitative estimate of drug-likeness (QED) is 0.144. The number of carbonyl (C=O) groups excluding carboxylic acids is 1. The highest BCUT2D eigenvalue weighted by molar-refractivity contribution is 7.81. The van der Waals surface area contributed by atoms with Crippen molar-refractivity contribution in [1.82, 2.24) is 0 Å². The number of carbonyl (C=O) groups is 1. The number of unbranched alkanes of at least 4 members (excludes halogenated alkanes) is 2. The maximum Gasteiger partial charge on any atom is 0.340 e. The van der Waals surface area contributed by atoms with Crippen LogP contribution in [-0.2, 0) is 16.0 Å². The van der Waals surface area contributed by atoms with Crippen molar-refractivity contribution in [2.45, 2.75) is 33.1 Å². The maximum atomic E-state index is 12.6. The van der Waals surface area contributed by atoms with Crippen LogP contribution >= 0.6 is 0 Å². The van der Waals surface area contributed by atoms with Gasteiger partial charge in [-0.15, -0.1) is 0 Å². The fraction of sp³-hybridized carbons (Fsp3) is 0.269. The topological polar surface area (TPSA) is 111 Å². The van der Waals surface area contributed by atoms with Crippen molar-refractivity contribution in [1.29, 1.82) is 0 Å². The van der Waals surface area contributed by atoms with Crippen LogP contribution in [0.2, 0.25) is 0 Å².